The first-order valence-electron chi connectivity index (χ1n) is 6.29. The Labute approximate surface area is 168 Å². The Hall–Kier alpha value is -0.430. The highest BCUT2D eigenvalue weighted by molar-refractivity contribution is 6.77. The number of benzene rings is 1. The van der Waals surface area contributed by atoms with Crippen molar-refractivity contribution in [2.75, 3.05) is 14.2 Å². The van der Waals surface area contributed by atoms with E-state index in [0.29, 0.717) is 22.8 Å². The first kappa shape index (κ1) is 19.9. The van der Waals surface area contributed by atoms with E-state index in [-0.39, 0.29) is 5.71 Å². The molecule has 0 atom stereocenters. The normalized spacial score (nSPS) is 15.4. The lowest BCUT2D eigenvalue weighted by atomic mass is 10.1. The Kier molecular flexibility index (Phi) is 6.17. The molecule has 2 rings (SSSR count). The van der Waals surface area contributed by atoms with Crippen molar-refractivity contribution in [2.24, 2.45) is 5.10 Å². The molecule has 132 valence electrons. The molecule has 0 bridgehead atoms. The van der Waals surface area contributed by atoms with Gasteiger partial charge < -0.3 is 9.47 Å². The monoisotopic (exact) mass is 451 g/mol. The van der Waals surface area contributed by atoms with Crippen LogP contribution in [0.2, 0.25) is 0 Å². The zero-order chi connectivity index (χ0) is 18.1. The summed E-state index contributed by atoms with van der Waals surface area (Å²) in [4.78, 5) is 0. The van der Waals surface area contributed by atoms with Gasteiger partial charge in [0.1, 0.15) is 5.71 Å². The summed E-state index contributed by atoms with van der Waals surface area (Å²) in [7, 11) is 3.06. The van der Waals surface area contributed by atoms with Crippen molar-refractivity contribution in [3.63, 3.8) is 0 Å². The number of hydrogen-bond acceptors (Lipinski definition) is 5. The van der Waals surface area contributed by atoms with Gasteiger partial charge in [0.15, 0.2) is 11.5 Å². The second-order valence-electron chi connectivity index (χ2n) is 4.50. The predicted octanol–water partition coefficient (Wildman–Crippen LogP) is 4.92. The van der Waals surface area contributed by atoms with E-state index in [9.17, 15) is 0 Å². The maximum absolute atomic E-state index is 5.91. The highest BCUT2D eigenvalue weighted by atomic mass is 35.6. The lowest BCUT2D eigenvalue weighted by molar-refractivity contribution is 0.236. The molecule has 1 aliphatic heterocycles. The van der Waals surface area contributed by atoms with Crippen molar-refractivity contribution < 1.29 is 9.47 Å². The Morgan fingerprint density at radius 1 is 1.00 bits per heavy atom. The third-order valence-electron chi connectivity index (χ3n) is 2.94. The molecule has 0 fully saturated rings. The molecule has 1 aromatic rings. The van der Waals surface area contributed by atoms with Crippen molar-refractivity contribution in [1.29, 1.82) is 0 Å². The first-order chi connectivity index (χ1) is 11.1. The predicted molar refractivity (Wildman–Crippen MR) is 101 cm³/mol. The van der Waals surface area contributed by atoms with E-state index in [0.717, 1.165) is 5.12 Å². The molecule has 11 heteroatoms. The molecule has 0 radical (unpaired) electrons. The molecule has 0 aromatic heterocycles. The lowest BCUT2D eigenvalue weighted by Crippen LogP contribution is -2.45. The average molecular weight is 454 g/mol. The fourth-order valence-electron chi connectivity index (χ4n) is 1.85. The minimum absolute atomic E-state index is 0.0716. The summed E-state index contributed by atoms with van der Waals surface area (Å²) in [5.74, 6) is 1.07. The number of nitrogens with zero attached hydrogens (tertiary/aromatic N) is 2. The van der Waals surface area contributed by atoms with E-state index in [1.54, 1.807) is 18.2 Å². The Morgan fingerprint density at radius 2 is 1.62 bits per heavy atom. The zero-order valence-corrected chi connectivity index (χ0v) is 16.8. The van der Waals surface area contributed by atoms with Crippen LogP contribution in [0.25, 0.3) is 5.70 Å². The van der Waals surface area contributed by atoms with Crippen LogP contribution in [0.3, 0.4) is 0 Å². The molecule has 24 heavy (non-hydrogen) atoms. The summed E-state index contributed by atoms with van der Waals surface area (Å²) < 4.78 is 6.77. The van der Waals surface area contributed by atoms with Crippen LogP contribution in [0.5, 0.6) is 11.5 Å². The van der Waals surface area contributed by atoms with E-state index in [1.165, 1.54) is 20.3 Å². The number of allylic oxidation sites excluding steroid dienone is 1. The maximum atomic E-state index is 5.91. The van der Waals surface area contributed by atoms with Crippen LogP contribution in [0.4, 0.5) is 0 Å². The summed E-state index contributed by atoms with van der Waals surface area (Å²) in [6, 6.07) is 5.20. The molecule has 0 saturated carbocycles. The minimum atomic E-state index is -1.91. The van der Waals surface area contributed by atoms with Gasteiger partial charge in [-0.25, -0.2) is 0 Å². The van der Waals surface area contributed by atoms with Gasteiger partial charge >= 0.3 is 3.92 Å². The summed E-state index contributed by atoms with van der Waals surface area (Å²) in [5.41, 5.74) is 4.07. The third-order valence-corrected chi connectivity index (χ3v) is 4.00. The largest absolute Gasteiger partial charge is 0.493 e. The highest BCUT2D eigenvalue weighted by Gasteiger charge is 2.37. The van der Waals surface area contributed by atoms with Crippen LogP contribution in [0.15, 0.2) is 29.4 Å². The van der Waals surface area contributed by atoms with Gasteiger partial charge in [0.05, 0.1) is 19.9 Å². The van der Waals surface area contributed by atoms with Gasteiger partial charge in [-0.05, 0) is 24.3 Å². The number of hydrazine groups is 1. The smallest absolute Gasteiger partial charge is 0.301 e. The number of ether oxygens (including phenoxy) is 2. The molecule has 0 spiro atoms. The van der Waals surface area contributed by atoms with Crippen molar-refractivity contribution in [1.82, 2.24) is 10.5 Å². The van der Waals surface area contributed by atoms with Gasteiger partial charge in [0.2, 0.25) is 3.79 Å². The zero-order valence-electron chi connectivity index (χ0n) is 12.3. The quantitative estimate of drug-likeness (QED) is 0.521. The number of nitrogens with one attached hydrogen (secondary N) is 1. The van der Waals surface area contributed by atoms with Gasteiger partial charge in [-0.15, -0.1) is 0 Å². The molecule has 1 N–H and O–H groups in total. The van der Waals surface area contributed by atoms with Gasteiger partial charge in [0, 0.05) is 5.56 Å². The Balaban J connectivity index is 2.49. The van der Waals surface area contributed by atoms with Crippen LogP contribution in [-0.4, -0.2) is 32.8 Å². The number of methoxy groups -OCH3 is 2. The topological polar surface area (TPSA) is 46.1 Å². The second kappa shape index (κ2) is 7.44. The Morgan fingerprint density at radius 3 is 2.12 bits per heavy atom. The van der Waals surface area contributed by atoms with Gasteiger partial charge in [-0.2, -0.15) is 10.2 Å². The average Bonchev–Trinajstić information content (AvgIpc) is 2.52. The van der Waals surface area contributed by atoms with Gasteiger partial charge in [-0.3, -0.25) is 5.43 Å². The summed E-state index contributed by atoms with van der Waals surface area (Å²) in [6.07, 6.45) is 1.53. The summed E-state index contributed by atoms with van der Waals surface area (Å²) in [5, 5.41) is 4.95. The third kappa shape index (κ3) is 4.59. The van der Waals surface area contributed by atoms with E-state index in [4.69, 9.17) is 79.1 Å². The highest BCUT2D eigenvalue weighted by Crippen LogP contribution is 2.38. The SMILES string of the molecule is COc1ccc(C2=CC(C(Cl)(Cl)Cl)=NN(C(Cl)(Cl)Cl)N2)cc1OC. The molecule has 0 aliphatic carbocycles. The number of halogens is 6. The number of alkyl halides is 6. The fourth-order valence-corrected chi connectivity index (χ4v) is 2.37. The number of hydrogen-bond donors (Lipinski definition) is 1. The minimum Gasteiger partial charge on any atom is -0.493 e. The lowest BCUT2D eigenvalue weighted by Gasteiger charge is -2.33. The maximum Gasteiger partial charge on any atom is 0.301 e. The van der Waals surface area contributed by atoms with E-state index < -0.39 is 7.71 Å². The van der Waals surface area contributed by atoms with Crippen LogP contribution in [-0.2, 0) is 0 Å². The van der Waals surface area contributed by atoms with E-state index in [2.05, 4.69) is 10.5 Å². The van der Waals surface area contributed by atoms with Gasteiger partial charge in [-0.1, -0.05) is 69.6 Å². The van der Waals surface area contributed by atoms with Gasteiger partial charge in [0.25, 0.3) is 0 Å². The summed E-state index contributed by atoms with van der Waals surface area (Å²) >= 11 is 35.4. The summed E-state index contributed by atoms with van der Waals surface area (Å²) in [6.45, 7) is 0. The molecule has 0 amide bonds. The molecular weight excluding hydrogens is 443 g/mol. The number of hydrazone groups is 1. The van der Waals surface area contributed by atoms with Crippen LogP contribution in [0, 0.1) is 0 Å². The standard InChI is InChI=1S/C13H11Cl6N3O2/c1-23-9-4-3-7(5-10(9)24-2)8-6-11(12(14,15)16)21-22(20-8)13(17,18)19/h3-6,20H,1-2H3. The van der Waals surface area contributed by atoms with Crippen molar-refractivity contribution in [3.05, 3.63) is 29.8 Å². The molecule has 1 aromatic carbocycles. The van der Waals surface area contributed by atoms with Crippen LogP contribution in [0.1, 0.15) is 5.56 Å². The number of rotatable bonds is 3. The molecule has 0 saturated heterocycles. The van der Waals surface area contributed by atoms with Crippen molar-refractivity contribution in [3.8, 4) is 11.5 Å². The molecule has 1 aliphatic rings. The van der Waals surface area contributed by atoms with Crippen molar-refractivity contribution >= 4 is 81.0 Å². The second-order valence-corrected chi connectivity index (χ2v) is 9.00. The van der Waals surface area contributed by atoms with E-state index in [1.807, 2.05) is 0 Å². The first-order valence-corrected chi connectivity index (χ1v) is 8.56. The Bertz CT molecular complexity index is 681. The van der Waals surface area contributed by atoms with E-state index >= 15 is 0 Å². The van der Waals surface area contributed by atoms with Crippen LogP contribution < -0.4 is 14.9 Å². The van der Waals surface area contributed by atoms with Crippen molar-refractivity contribution in [2.45, 2.75) is 7.71 Å². The fraction of sp³-hybridized carbons (Fsp3) is 0.308. The molecule has 0 unspecified atom stereocenters. The molecule has 5 nitrogen and oxygen atoms in total. The molecular formula is C13H11Cl6N3O2. The molecule has 1 heterocycles. The van der Waals surface area contributed by atoms with Crippen LogP contribution >= 0.6 is 69.6 Å².